The molecule has 6 aromatic rings. The van der Waals surface area contributed by atoms with Gasteiger partial charge in [0, 0.05) is 80.8 Å². The van der Waals surface area contributed by atoms with Gasteiger partial charge in [-0.2, -0.15) is 28.9 Å². The molecule has 0 aliphatic heterocycles. The molecule has 0 saturated carbocycles. The van der Waals surface area contributed by atoms with Crippen molar-refractivity contribution in [2.24, 2.45) is 20.5 Å². The Morgan fingerprint density at radius 3 is 1.23 bits per heavy atom. The van der Waals surface area contributed by atoms with Crippen LogP contribution in [0.4, 0.5) is 60.5 Å². The number of ether oxygens (including phenoxy) is 2. The van der Waals surface area contributed by atoms with Crippen LogP contribution in [0, 0.1) is 54.8 Å². The average Bonchev–Trinajstić information content (AvgIpc) is 1.71. The Morgan fingerprint density at radius 2 is 0.900 bits per heavy atom. The van der Waals surface area contributed by atoms with Crippen molar-refractivity contribution in [2.45, 2.75) is 55.4 Å². The summed E-state index contributed by atoms with van der Waals surface area (Å²) < 4.78 is 22.5. The number of nitrogens with zero attached hydrogens (tertiary/aromatic N) is 13. The fourth-order valence-corrected chi connectivity index (χ4v) is 9.31. The van der Waals surface area contributed by atoms with E-state index in [-0.39, 0.29) is 81.6 Å². The van der Waals surface area contributed by atoms with E-state index in [1.54, 1.807) is 82.0 Å². The van der Waals surface area contributed by atoms with Gasteiger partial charge in [-0.15, -0.1) is 20.5 Å². The van der Waals surface area contributed by atoms with Crippen LogP contribution in [0.3, 0.4) is 0 Å². The lowest BCUT2D eigenvalue weighted by atomic mass is 10.2. The first-order valence-electron chi connectivity index (χ1n) is 27.2. The number of aliphatic hydroxyl groups is 4. The third kappa shape index (κ3) is 24.7. The molecule has 28 nitrogen and oxygen atoms in total. The number of carbonyl (C=O) groups is 5. The molecule has 3 aromatic heterocycles. The molecule has 0 spiro atoms. The summed E-state index contributed by atoms with van der Waals surface area (Å²) in [6.45, 7) is 21.8. The van der Waals surface area contributed by atoms with Gasteiger partial charge in [0.25, 0.3) is 0 Å². The molecule has 3 heterocycles. The summed E-state index contributed by atoms with van der Waals surface area (Å²) in [5, 5.41) is 89.2. The summed E-state index contributed by atoms with van der Waals surface area (Å²) in [5.41, 5.74) is 13.6. The number of hydrogen-bond acceptors (Lipinski definition) is 28. The second-order valence-corrected chi connectivity index (χ2v) is 21.1. The summed E-state index contributed by atoms with van der Waals surface area (Å²) in [7, 11) is 0. The lowest BCUT2D eigenvalue weighted by Gasteiger charge is -2.25. The number of azo groups is 2. The highest BCUT2D eigenvalue weighted by Crippen LogP contribution is 2.36. The molecule has 0 aliphatic rings. The van der Waals surface area contributed by atoms with Gasteiger partial charge in [0.1, 0.15) is 64.5 Å². The van der Waals surface area contributed by atoms with Crippen molar-refractivity contribution < 1.29 is 53.9 Å². The Morgan fingerprint density at radius 1 is 0.533 bits per heavy atom. The van der Waals surface area contributed by atoms with Gasteiger partial charge in [0.15, 0.2) is 10.0 Å². The number of aromatic nitrogens is 3. The second-order valence-electron chi connectivity index (χ2n) is 18.8. The Bertz CT molecular complexity index is 3570. The number of nitrogens with one attached hydrogen (secondary N) is 3. The van der Waals surface area contributed by atoms with E-state index >= 15 is 0 Å². The number of carbonyl (C=O) groups excluding carboxylic acids is 5. The zero-order chi connectivity index (χ0) is 66.9. The van der Waals surface area contributed by atoms with Gasteiger partial charge in [-0.05, 0) is 124 Å². The van der Waals surface area contributed by atoms with E-state index in [4.69, 9.17) is 35.9 Å². The summed E-state index contributed by atoms with van der Waals surface area (Å²) in [4.78, 5) is 63.4. The van der Waals surface area contributed by atoms with E-state index in [2.05, 4.69) is 68.8 Å². The number of hydrogen-bond donors (Lipinski definition) is 8. The van der Waals surface area contributed by atoms with Crippen molar-refractivity contribution in [1.29, 1.82) is 15.8 Å². The number of amides is 3. The molecule has 0 bridgehead atoms. The number of aryl methyl sites for hydroxylation is 3. The van der Waals surface area contributed by atoms with Crippen LogP contribution in [0.1, 0.15) is 68.4 Å². The van der Waals surface area contributed by atoms with Crippen molar-refractivity contribution >= 4 is 125 Å². The Balaban J connectivity index is 0.000000346. The zero-order valence-corrected chi connectivity index (χ0v) is 53.4. The van der Waals surface area contributed by atoms with Gasteiger partial charge in [-0.25, -0.2) is 9.59 Å². The topological polar surface area (TPSA) is 416 Å². The van der Waals surface area contributed by atoms with Gasteiger partial charge in [-0.3, -0.25) is 14.4 Å². The first-order chi connectivity index (χ1) is 42.9. The number of nitriles is 3. The van der Waals surface area contributed by atoms with E-state index in [1.807, 2.05) is 40.1 Å². The molecule has 0 radical (unpaired) electrons. The first kappa shape index (κ1) is 74.3. The minimum absolute atomic E-state index is 0.0182. The van der Waals surface area contributed by atoms with Crippen LogP contribution < -0.4 is 36.4 Å². The van der Waals surface area contributed by atoms with Gasteiger partial charge >= 0.3 is 11.9 Å². The van der Waals surface area contributed by atoms with Crippen molar-refractivity contribution in [3.8, 4) is 18.2 Å². The summed E-state index contributed by atoms with van der Waals surface area (Å²) in [5.74, 6) is -1.75. The lowest BCUT2D eigenvalue weighted by molar-refractivity contribution is -0.139. The van der Waals surface area contributed by atoms with Gasteiger partial charge in [0.05, 0.1) is 68.0 Å². The normalized spacial score (nSPS) is 10.3. The number of esters is 2. The third-order valence-electron chi connectivity index (χ3n) is 11.6. The number of anilines is 7. The molecule has 31 heteroatoms. The molecule has 476 valence electrons. The highest BCUT2D eigenvalue weighted by molar-refractivity contribution is 7.10. The number of rotatable bonds is 26. The first-order valence-corrected chi connectivity index (χ1v) is 29.5. The van der Waals surface area contributed by atoms with Crippen LogP contribution in [0.25, 0.3) is 0 Å². The van der Waals surface area contributed by atoms with Crippen molar-refractivity contribution in [2.75, 3.05) is 115 Å². The lowest BCUT2D eigenvalue weighted by Crippen LogP contribution is -2.32. The number of nitrogens with two attached hydrogens (primary N) is 1. The molecule has 0 atom stereocenters. The standard InChI is InChI=1S/C25H28N6O5S.C17H20N6O3S.C12H18N2O3.C5H5N3S/c1-15(2)24(33)35-11-9-31(10-12-36-25(34)16(3)4)19-7-8-21(22(13-19)27-18(6)32)28-29-23-20(14-26)17(5)30-37-23;1-11-14(10-18)17(27-22-11)21-20-15-4-3-13(9-16(15)19-12(2)26)23(5-7-24)6-8-25;1-10(17)13-11-3-2-4-12(9-11)14(5-7-15)6-8-16;1-3-4(2-6)5(7)9-8-3/h7-8,13H,1,3,9-12H2,2,4-6H3,(H,27,32);3-4,9,24-25H,5-8H2,1-2H3,(H,19,26);2-4,9,15-16H,5-8H2,1H3,(H,13,17);7H2,1H3. The SMILES string of the molecule is C=C(C)C(=O)OCCN(CCOC(=O)C(=C)C)c1ccc(N=Nc2snc(C)c2C#N)c(NC(C)=O)c1.CC(=O)Nc1cc(N(CCO)CCO)ccc1N=Nc1snc(C)c1C#N.CC(=O)Nc1cccc(N(CCO)CCO)c1.Cc1nsc(N)c1C#N. The van der Waals surface area contributed by atoms with Gasteiger partial charge in [-0.1, -0.05) is 19.2 Å². The van der Waals surface area contributed by atoms with Crippen LogP contribution in [0.2, 0.25) is 0 Å². The fourth-order valence-electron chi connectivity index (χ4n) is 7.35. The maximum absolute atomic E-state index is 11.9. The van der Waals surface area contributed by atoms with Gasteiger partial charge < -0.3 is 66.3 Å². The summed E-state index contributed by atoms with van der Waals surface area (Å²) >= 11 is 3.29. The molecular weight excluding hydrogens is 1220 g/mol. The Hall–Kier alpha value is -9.91. The van der Waals surface area contributed by atoms with Crippen LogP contribution in [-0.4, -0.2) is 142 Å². The number of benzene rings is 3. The van der Waals surface area contributed by atoms with E-state index in [1.165, 1.54) is 20.8 Å². The maximum atomic E-state index is 11.9. The molecule has 0 unspecified atom stereocenters. The molecule has 3 aromatic carbocycles. The predicted octanol–water partition coefficient (Wildman–Crippen LogP) is 8.57. The number of aliphatic hydroxyl groups excluding tert-OH is 4. The number of nitrogen functional groups attached to an aromatic ring is 1. The highest BCUT2D eigenvalue weighted by atomic mass is 32.1. The zero-order valence-electron chi connectivity index (χ0n) is 50.9. The maximum Gasteiger partial charge on any atom is 0.333 e. The quantitative estimate of drug-likeness (QED) is 0.0143. The summed E-state index contributed by atoms with van der Waals surface area (Å²) in [6.07, 6.45) is 0. The van der Waals surface area contributed by atoms with Crippen molar-refractivity contribution in [1.82, 2.24) is 13.1 Å². The second kappa shape index (κ2) is 39.1. The monoisotopic (exact) mass is 1290 g/mol. The molecule has 0 aliphatic carbocycles. The minimum Gasteiger partial charge on any atom is -0.460 e. The molecule has 3 amide bonds. The van der Waals surface area contributed by atoms with Crippen molar-refractivity contribution in [3.05, 3.63) is 119 Å². The Labute approximate surface area is 533 Å². The predicted molar refractivity (Wildman–Crippen MR) is 346 cm³/mol. The van der Waals surface area contributed by atoms with Gasteiger partial charge in [0.2, 0.25) is 17.7 Å². The summed E-state index contributed by atoms with van der Waals surface area (Å²) in [6, 6.07) is 23.6. The molecule has 0 fully saturated rings. The molecule has 90 heavy (non-hydrogen) atoms. The molecular formula is C59H71N17O11S3. The minimum atomic E-state index is -0.515. The van der Waals surface area contributed by atoms with E-state index in [9.17, 15) is 39.4 Å². The molecule has 6 rings (SSSR count). The van der Waals surface area contributed by atoms with Crippen LogP contribution in [0.15, 0.2) is 105 Å². The average molecular weight is 1290 g/mol. The smallest absolute Gasteiger partial charge is 0.333 e. The van der Waals surface area contributed by atoms with Crippen molar-refractivity contribution in [3.63, 3.8) is 0 Å². The third-order valence-corrected chi connectivity index (χ3v) is 14.0. The Kier molecular flexibility index (Phi) is 32.3. The van der Waals surface area contributed by atoms with E-state index in [0.29, 0.717) is 109 Å². The van der Waals surface area contributed by atoms with E-state index < -0.39 is 11.9 Å². The largest absolute Gasteiger partial charge is 0.460 e. The fraction of sp³-hybridized carbons (Fsp3) is 0.339. The van der Waals surface area contributed by atoms with Crippen LogP contribution in [0.5, 0.6) is 0 Å². The molecule has 9 N–H and O–H groups in total. The van der Waals surface area contributed by atoms with Crippen LogP contribution >= 0.6 is 34.6 Å². The highest BCUT2D eigenvalue weighted by Gasteiger charge is 2.17. The van der Waals surface area contributed by atoms with E-state index in [0.717, 1.165) is 46.0 Å². The molecule has 0 saturated heterocycles. The van der Waals surface area contributed by atoms with Crippen LogP contribution in [-0.2, 0) is 33.4 Å².